The van der Waals surface area contributed by atoms with Gasteiger partial charge in [0.15, 0.2) is 5.82 Å². The van der Waals surface area contributed by atoms with E-state index in [0.29, 0.717) is 17.3 Å². The third kappa shape index (κ3) is 3.61. The van der Waals surface area contributed by atoms with Crippen LogP contribution in [0.25, 0.3) is 21.6 Å². The van der Waals surface area contributed by atoms with E-state index in [4.69, 9.17) is 0 Å². The summed E-state index contributed by atoms with van der Waals surface area (Å²) in [7, 11) is 0. The van der Waals surface area contributed by atoms with E-state index in [1.165, 1.54) is 17.4 Å². The van der Waals surface area contributed by atoms with E-state index in [9.17, 15) is 13.2 Å². The Bertz CT molecular complexity index is 1110. The first kappa shape index (κ1) is 17.4. The number of halogens is 3. The minimum absolute atomic E-state index is 0.311. The average molecular weight is 386 g/mol. The van der Waals surface area contributed by atoms with Crippen molar-refractivity contribution < 1.29 is 13.2 Å². The van der Waals surface area contributed by atoms with Crippen molar-refractivity contribution >= 4 is 33.1 Å². The fourth-order valence-corrected chi connectivity index (χ4v) is 3.55. The Morgan fingerprint density at radius 3 is 2.63 bits per heavy atom. The van der Waals surface area contributed by atoms with Gasteiger partial charge in [0.2, 0.25) is 0 Å². The lowest BCUT2D eigenvalue weighted by Gasteiger charge is -2.11. The Balaban J connectivity index is 1.81. The quantitative estimate of drug-likeness (QED) is 0.482. The predicted octanol–water partition coefficient (Wildman–Crippen LogP) is 5.82. The molecule has 4 aromatic rings. The summed E-state index contributed by atoms with van der Waals surface area (Å²) >= 11 is 1.50. The lowest BCUT2D eigenvalue weighted by atomic mass is 10.2. The molecule has 0 radical (unpaired) electrons. The van der Waals surface area contributed by atoms with Crippen LogP contribution in [0, 0.1) is 6.92 Å². The van der Waals surface area contributed by atoms with Crippen molar-refractivity contribution in [3.8, 4) is 11.4 Å². The molecule has 0 aliphatic rings. The molecule has 0 aliphatic carbocycles. The molecule has 3 aromatic heterocycles. The first-order chi connectivity index (χ1) is 12.9. The Labute approximate surface area is 156 Å². The zero-order chi connectivity index (χ0) is 19.0. The number of fused-ring (bicyclic) bond motifs is 1. The summed E-state index contributed by atoms with van der Waals surface area (Å²) in [5.41, 5.74) is 0.329. The van der Waals surface area contributed by atoms with Gasteiger partial charge in [-0.1, -0.05) is 6.07 Å². The molecule has 0 spiro atoms. The molecule has 1 aromatic carbocycles. The highest BCUT2D eigenvalue weighted by molar-refractivity contribution is 7.18. The summed E-state index contributed by atoms with van der Waals surface area (Å²) in [5, 5.41) is 3.78. The van der Waals surface area contributed by atoms with Gasteiger partial charge in [-0.25, -0.2) is 9.97 Å². The highest BCUT2D eigenvalue weighted by atomic mass is 32.1. The van der Waals surface area contributed by atoms with Crippen LogP contribution in [0.2, 0.25) is 0 Å². The van der Waals surface area contributed by atoms with Gasteiger partial charge in [0.05, 0.1) is 10.9 Å². The van der Waals surface area contributed by atoms with E-state index in [1.54, 1.807) is 24.5 Å². The summed E-state index contributed by atoms with van der Waals surface area (Å²) in [6.45, 7) is 1.95. The van der Waals surface area contributed by atoms with Crippen molar-refractivity contribution in [1.29, 1.82) is 0 Å². The van der Waals surface area contributed by atoms with Gasteiger partial charge in [0.1, 0.15) is 10.6 Å². The molecular weight excluding hydrogens is 373 g/mol. The molecule has 0 saturated carbocycles. The Morgan fingerprint density at radius 2 is 1.89 bits per heavy atom. The maximum absolute atomic E-state index is 13.0. The van der Waals surface area contributed by atoms with Crippen LogP contribution in [0.4, 0.5) is 24.7 Å². The lowest BCUT2D eigenvalue weighted by molar-refractivity contribution is -0.137. The maximum atomic E-state index is 13.0. The molecule has 0 aliphatic heterocycles. The third-order valence-corrected chi connectivity index (χ3v) is 4.83. The fourth-order valence-electron chi connectivity index (χ4n) is 2.67. The topological polar surface area (TPSA) is 50.7 Å². The first-order valence-corrected chi connectivity index (χ1v) is 8.85. The first-order valence-electron chi connectivity index (χ1n) is 8.03. The average Bonchev–Trinajstić information content (AvgIpc) is 3.02. The number of thiophene rings is 1. The normalized spacial score (nSPS) is 11.7. The minimum Gasteiger partial charge on any atom is -0.340 e. The molecule has 4 nitrogen and oxygen atoms in total. The summed E-state index contributed by atoms with van der Waals surface area (Å²) in [6.07, 6.45) is -1.10. The number of benzene rings is 1. The van der Waals surface area contributed by atoms with Gasteiger partial charge in [-0.3, -0.25) is 4.98 Å². The summed E-state index contributed by atoms with van der Waals surface area (Å²) in [5.74, 6) is 0.925. The Morgan fingerprint density at radius 1 is 1.04 bits per heavy atom. The van der Waals surface area contributed by atoms with Crippen molar-refractivity contribution in [2.45, 2.75) is 13.1 Å². The second kappa shape index (κ2) is 6.62. The molecular formula is C19H13F3N4S. The van der Waals surface area contributed by atoms with Crippen molar-refractivity contribution in [3.63, 3.8) is 0 Å². The highest BCUT2D eigenvalue weighted by Gasteiger charge is 2.30. The second-order valence-corrected chi connectivity index (χ2v) is 7.15. The standard InChI is InChI=1S/C19H13F3N4S/c1-11-8-15-17(24-14-6-2-5-13(9-14)19(20,21)22)25-16(26-18(15)27-11)12-4-3-7-23-10-12/h2-10H,1H3,(H,24,25,26). The van der Waals surface area contributed by atoms with Crippen molar-refractivity contribution in [3.05, 3.63) is 65.3 Å². The smallest absolute Gasteiger partial charge is 0.340 e. The van der Waals surface area contributed by atoms with E-state index in [-0.39, 0.29) is 0 Å². The molecule has 0 bridgehead atoms. The van der Waals surface area contributed by atoms with Crippen LogP contribution < -0.4 is 5.32 Å². The van der Waals surface area contributed by atoms with E-state index in [1.807, 2.05) is 19.1 Å². The monoisotopic (exact) mass is 386 g/mol. The minimum atomic E-state index is -4.40. The van der Waals surface area contributed by atoms with E-state index >= 15 is 0 Å². The van der Waals surface area contributed by atoms with Crippen molar-refractivity contribution in [2.75, 3.05) is 5.32 Å². The lowest BCUT2D eigenvalue weighted by Crippen LogP contribution is -2.05. The SMILES string of the molecule is Cc1cc2c(Nc3cccc(C(F)(F)F)c3)nc(-c3cccnc3)nc2s1. The molecule has 136 valence electrons. The van der Waals surface area contributed by atoms with Crippen LogP contribution in [0.3, 0.4) is 0 Å². The molecule has 1 N–H and O–H groups in total. The van der Waals surface area contributed by atoms with E-state index < -0.39 is 11.7 Å². The molecule has 0 amide bonds. The summed E-state index contributed by atoms with van der Waals surface area (Å²) < 4.78 is 39.0. The molecule has 0 fully saturated rings. The summed E-state index contributed by atoms with van der Waals surface area (Å²) in [4.78, 5) is 15.0. The number of alkyl halides is 3. The molecule has 3 heterocycles. The van der Waals surface area contributed by atoms with Crippen LogP contribution in [-0.4, -0.2) is 15.0 Å². The number of aromatic nitrogens is 3. The molecule has 27 heavy (non-hydrogen) atoms. The Hall–Kier alpha value is -3.00. The zero-order valence-electron chi connectivity index (χ0n) is 14.1. The summed E-state index contributed by atoms with van der Waals surface area (Å²) in [6, 6.07) is 10.6. The number of nitrogens with zero attached hydrogens (tertiary/aromatic N) is 3. The van der Waals surface area contributed by atoms with Crippen LogP contribution >= 0.6 is 11.3 Å². The predicted molar refractivity (Wildman–Crippen MR) is 100 cm³/mol. The van der Waals surface area contributed by atoms with Crippen LogP contribution in [0.1, 0.15) is 10.4 Å². The van der Waals surface area contributed by atoms with Gasteiger partial charge < -0.3 is 5.32 Å². The second-order valence-electron chi connectivity index (χ2n) is 5.92. The largest absolute Gasteiger partial charge is 0.416 e. The number of nitrogens with one attached hydrogen (secondary N) is 1. The van der Waals surface area contributed by atoms with Crippen molar-refractivity contribution in [1.82, 2.24) is 15.0 Å². The number of hydrogen-bond donors (Lipinski definition) is 1. The molecule has 0 unspecified atom stereocenters. The molecule has 4 rings (SSSR count). The van der Waals surface area contributed by atoms with Gasteiger partial charge in [-0.2, -0.15) is 13.2 Å². The van der Waals surface area contributed by atoms with Gasteiger partial charge in [-0.15, -0.1) is 11.3 Å². The molecule has 0 saturated heterocycles. The maximum Gasteiger partial charge on any atom is 0.416 e. The van der Waals surface area contributed by atoms with Crippen LogP contribution in [-0.2, 0) is 6.18 Å². The van der Waals surface area contributed by atoms with E-state index in [2.05, 4.69) is 20.3 Å². The molecule has 8 heteroatoms. The number of aryl methyl sites for hydroxylation is 1. The zero-order valence-corrected chi connectivity index (χ0v) is 14.9. The fraction of sp³-hybridized carbons (Fsp3) is 0.105. The van der Waals surface area contributed by atoms with Gasteiger partial charge in [0, 0.05) is 28.5 Å². The number of anilines is 2. The highest BCUT2D eigenvalue weighted by Crippen LogP contribution is 2.34. The number of pyridine rings is 1. The third-order valence-electron chi connectivity index (χ3n) is 3.89. The van der Waals surface area contributed by atoms with Crippen LogP contribution in [0.5, 0.6) is 0 Å². The van der Waals surface area contributed by atoms with Crippen LogP contribution in [0.15, 0.2) is 54.9 Å². The molecule has 0 atom stereocenters. The van der Waals surface area contributed by atoms with Gasteiger partial charge >= 0.3 is 6.18 Å². The van der Waals surface area contributed by atoms with Crippen molar-refractivity contribution in [2.24, 2.45) is 0 Å². The van der Waals surface area contributed by atoms with E-state index in [0.717, 1.165) is 32.8 Å². The number of hydrogen-bond acceptors (Lipinski definition) is 5. The number of rotatable bonds is 3. The Kier molecular flexibility index (Phi) is 4.27. The van der Waals surface area contributed by atoms with Gasteiger partial charge in [0.25, 0.3) is 0 Å². The van der Waals surface area contributed by atoms with Gasteiger partial charge in [-0.05, 0) is 43.3 Å².